The fourth-order valence-electron chi connectivity index (χ4n) is 0.943. The minimum Gasteiger partial charge on any atom is -0.371 e. The van der Waals surface area contributed by atoms with Crippen molar-refractivity contribution in [3.8, 4) is 0 Å². The van der Waals surface area contributed by atoms with E-state index in [4.69, 9.17) is 10.1 Å². The van der Waals surface area contributed by atoms with Crippen molar-refractivity contribution < 1.29 is 4.74 Å². The van der Waals surface area contributed by atoms with E-state index < -0.39 is 0 Å². The van der Waals surface area contributed by atoms with Gasteiger partial charge in [-0.15, -0.1) is 0 Å². The average molecular weight is 149 g/mol. The summed E-state index contributed by atoms with van der Waals surface area (Å²) in [5.41, 5.74) is 1.02. The van der Waals surface area contributed by atoms with Gasteiger partial charge in [-0.1, -0.05) is 30.3 Å². The maximum atomic E-state index is 7.05. The smallest absolute Gasteiger partial charge is 0.117 e. The fraction of sp³-hybridized carbons (Fsp3) is 0.222. The van der Waals surface area contributed by atoms with Crippen LogP contribution in [0.5, 0.6) is 0 Å². The molecule has 0 aliphatic carbocycles. The van der Waals surface area contributed by atoms with Gasteiger partial charge in [0.2, 0.25) is 0 Å². The Kier molecular flexibility index (Phi) is 2.81. The van der Waals surface area contributed by atoms with Gasteiger partial charge < -0.3 is 10.1 Å². The summed E-state index contributed by atoms with van der Waals surface area (Å²) in [5, 5.41) is 7.05. The quantitative estimate of drug-likeness (QED) is 0.655. The molecule has 1 aromatic rings. The topological polar surface area (TPSA) is 33.1 Å². The molecule has 0 bridgehead atoms. The summed E-state index contributed by atoms with van der Waals surface area (Å²) in [6, 6.07) is 9.70. The first-order valence-electron chi connectivity index (χ1n) is 3.47. The van der Waals surface area contributed by atoms with E-state index in [1.807, 2.05) is 30.3 Å². The molecule has 2 nitrogen and oxygen atoms in total. The maximum Gasteiger partial charge on any atom is 0.117 e. The lowest BCUT2D eigenvalue weighted by Gasteiger charge is -2.08. The van der Waals surface area contributed by atoms with Crippen molar-refractivity contribution in [2.24, 2.45) is 0 Å². The molecule has 1 N–H and O–H groups in total. The second-order valence-electron chi connectivity index (χ2n) is 2.23. The Bertz CT molecular complexity index is 220. The highest BCUT2D eigenvalue weighted by atomic mass is 16.5. The first-order chi connectivity index (χ1) is 5.38. The number of hydrogen-bond donors (Lipinski definition) is 1. The molecule has 0 aliphatic rings. The average Bonchev–Trinajstić information content (AvgIpc) is 2.09. The van der Waals surface area contributed by atoms with Crippen LogP contribution >= 0.6 is 0 Å². The summed E-state index contributed by atoms with van der Waals surface area (Å²) in [7, 11) is 1.60. The standard InChI is InChI=1S/C9H11NO/c1-11-9(7-10)8-5-3-2-4-6-8/h2-7,9-10H,1H3. The molecule has 1 unspecified atom stereocenters. The molecular formula is C9H11NO. The molecule has 0 spiro atoms. The number of methoxy groups -OCH3 is 1. The Morgan fingerprint density at radius 3 is 2.45 bits per heavy atom. The van der Waals surface area contributed by atoms with Crippen LogP contribution in [0.2, 0.25) is 0 Å². The Labute approximate surface area is 66.3 Å². The molecule has 11 heavy (non-hydrogen) atoms. The van der Waals surface area contributed by atoms with Crippen molar-refractivity contribution in [2.45, 2.75) is 6.10 Å². The zero-order valence-corrected chi connectivity index (χ0v) is 6.45. The van der Waals surface area contributed by atoms with Crippen LogP contribution in [0.15, 0.2) is 30.3 Å². The Morgan fingerprint density at radius 2 is 2.00 bits per heavy atom. The van der Waals surface area contributed by atoms with Crippen molar-refractivity contribution in [2.75, 3.05) is 7.11 Å². The van der Waals surface area contributed by atoms with E-state index in [9.17, 15) is 0 Å². The summed E-state index contributed by atoms with van der Waals surface area (Å²) >= 11 is 0. The number of benzene rings is 1. The summed E-state index contributed by atoms with van der Waals surface area (Å²) in [4.78, 5) is 0. The van der Waals surface area contributed by atoms with Crippen molar-refractivity contribution in [3.05, 3.63) is 35.9 Å². The number of hydrogen-bond acceptors (Lipinski definition) is 2. The number of nitrogens with one attached hydrogen (secondary N) is 1. The molecule has 58 valence electrons. The van der Waals surface area contributed by atoms with Crippen LogP contribution in [0.1, 0.15) is 11.7 Å². The van der Waals surface area contributed by atoms with E-state index in [2.05, 4.69) is 0 Å². The molecule has 0 saturated carbocycles. The molecule has 0 saturated heterocycles. The number of ether oxygens (including phenoxy) is 1. The minimum atomic E-state index is -0.198. The van der Waals surface area contributed by atoms with E-state index in [1.165, 1.54) is 6.21 Å². The molecule has 1 atom stereocenters. The third kappa shape index (κ3) is 1.88. The van der Waals surface area contributed by atoms with Gasteiger partial charge in [-0.2, -0.15) is 0 Å². The fourth-order valence-corrected chi connectivity index (χ4v) is 0.943. The maximum absolute atomic E-state index is 7.05. The van der Waals surface area contributed by atoms with Gasteiger partial charge in [-0.25, -0.2) is 0 Å². The van der Waals surface area contributed by atoms with E-state index in [1.54, 1.807) is 7.11 Å². The Morgan fingerprint density at radius 1 is 1.36 bits per heavy atom. The van der Waals surface area contributed by atoms with Crippen LogP contribution in [-0.4, -0.2) is 13.3 Å². The normalized spacial score (nSPS) is 12.5. The van der Waals surface area contributed by atoms with Gasteiger partial charge in [-0.05, 0) is 5.56 Å². The summed E-state index contributed by atoms with van der Waals surface area (Å²) < 4.78 is 5.04. The van der Waals surface area contributed by atoms with E-state index in [-0.39, 0.29) is 6.10 Å². The zero-order valence-electron chi connectivity index (χ0n) is 6.45. The summed E-state index contributed by atoms with van der Waals surface area (Å²) in [5.74, 6) is 0. The largest absolute Gasteiger partial charge is 0.371 e. The van der Waals surface area contributed by atoms with Gasteiger partial charge in [-0.3, -0.25) is 0 Å². The predicted molar refractivity (Wildman–Crippen MR) is 45.0 cm³/mol. The summed E-state index contributed by atoms with van der Waals surface area (Å²) in [6.07, 6.45) is 1.09. The molecule has 1 rings (SSSR count). The van der Waals surface area contributed by atoms with E-state index >= 15 is 0 Å². The second-order valence-corrected chi connectivity index (χ2v) is 2.23. The van der Waals surface area contributed by atoms with Crippen molar-refractivity contribution in [3.63, 3.8) is 0 Å². The van der Waals surface area contributed by atoms with Gasteiger partial charge in [0.05, 0.1) is 0 Å². The summed E-state index contributed by atoms with van der Waals surface area (Å²) in [6.45, 7) is 0. The lowest BCUT2D eigenvalue weighted by Crippen LogP contribution is -2.00. The van der Waals surface area contributed by atoms with Crippen LogP contribution < -0.4 is 0 Å². The molecule has 0 amide bonds. The highest BCUT2D eigenvalue weighted by Gasteiger charge is 2.03. The highest BCUT2D eigenvalue weighted by Crippen LogP contribution is 2.12. The third-order valence-electron chi connectivity index (χ3n) is 1.53. The zero-order chi connectivity index (χ0) is 8.10. The predicted octanol–water partition coefficient (Wildman–Crippen LogP) is 2.02. The highest BCUT2D eigenvalue weighted by molar-refractivity contribution is 5.62. The molecule has 2 heteroatoms. The lowest BCUT2D eigenvalue weighted by molar-refractivity contribution is 0.161. The lowest BCUT2D eigenvalue weighted by atomic mass is 10.1. The van der Waals surface area contributed by atoms with Crippen LogP contribution in [0.3, 0.4) is 0 Å². The van der Waals surface area contributed by atoms with Crippen molar-refractivity contribution in [1.29, 1.82) is 5.41 Å². The third-order valence-corrected chi connectivity index (χ3v) is 1.53. The van der Waals surface area contributed by atoms with Crippen LogP contribution in [0, 0.1) is 5.41 Å². The Hall–Kier alpha value is -1.15. The Balaban J connectivity index is 2.82. The molecule has 0 aromatic heterocycles. The molecular weight excluding hydrogens is 138 g/mol. The first-order valence-corrected chi connectivity index (χ1v) is 3.47. The number of rotatable bonds is 3. The first kappa shape index (κ1) is 7.95. The van der Waals surface area contributed by atoms with Crippen LogP contribution in [0.4, 0.5) is 0 Å². The van der Waals surface area contributed by atoms with Crippen molar-refractivity contribution >= 4 is 6.21 Å². The van der Waals surface area contributed by atoms with Gasteiger partial charge in [0, 0.05) is 13.3 Å². The second kappa shape index (κ2) is 3.88. The molecule has 0 aliphatic heterocycles. The molecule has 1 aromatic carbocycles. The van der Waals surface area contributed by atoms with E-state index in [0.717, 1.165) is 5.56 Å². The SMILES string of the molecule is COC(C=N)c1ccccc1. The monoisotopic (exact) mass is 149 g/mol. The molecule has 0 fully saturated rings. The minimum absolute atomic E-state index is 0.198. The van der Waals surface area contributed by atoms with Crippen LogP contribution in [0.25, 0.3) is 0 Å². The van der Waals surface area contributed by atoms with Gasteiger partial charge >= 0.3 is 0 Å². The molecule has 0 radical (unpaired) electrons. The van der Waals surface area contributed by atoms with Gasteiger partial charge in [0.25, 0.3) is 0 Å². The molecule has 0 heterocycles. The van der Waals surface area contributed by atoms with E-state index in [0.29, 0.717) is 0 Å². The van der Waals surface area contributed by atoms with Gasteiger partial charge in [0.15, 0.2) is 0 Å². The van der Waals surface area contributed by atoms with Crippen molar-refractivity contribution in [1.82, 2.24) is 0 Å². The van der Waals surface area contributed by atoms with Gasteiger partial charge in [0.1, 0.15) is 6.10 Å². The van der Waals surface area contributed by atoms with Crippen LogP contribution in [-0.2, 0) is 4.74 Å².